The van der Waals surface area contributed by atoms with E-state index in [2.05, 4.69) is 11.7 Å². The van der Waals surface area contributed by atoms with Gasteiger partial charge in [-0.1, -0.05) is 39.0 Å². The van der Waals surface area contributed by atoms with Crippen molar-refractivity contribution in [2.24, 2.45) is 0 Å². The fourth-order valence-corrected chi connectivity index (χ4v) is 1.01. The van der Waals surface area contributed by atoms with E-state index >= 15 is 0 Å². The highest BCUT2D eigenvalue weighted by atomic mass is 16.5. The summed E-state index contributed by atoms with van der Waals surface area (Å²) in [6, 6.07) is 0. The van der Waals surface area contributed by atoms with E-state index in [4.69, 9.17) is 0 Å². The maximum absolute atomic E-state index is 9.72. The molecule has 2 nitrogen and oxygen atoms in total. The number of unbranched alkanes of at least 4 members (excludes halogenated alkanes) is 5. The van der Waals surface area contributed by atoms with E-state index in [-0.39, 0.29) is 8.41 Å². The molecule has 3 radical (unpaired) electrons. The highest BCUT2D eigenvalue weighted by Crippen LogP contribution is 2.04. The van der Waals surface area contributed by atoms with Gasteiger partial charge in [0.2, 0.25) is 0 Å². The summed E-state index contributed by atoms with van der Waals surface area (Å²) in [6.45, 7) is 3.32. The van der Waals surface area contributed by atoms with E-state index in [0.29, 0.717) is 13.1 Å². The molecule has 0 saturated carbocycles. The molecule has 3 heteroatoms. The minimum absolute atomic E-state index is 0. The van der Waals surface area contributed by atoms with Gasteiger partial charge in [0, 0.05) is 8.41 Å². The van der Waals surface area contributed by atoms with Crippen molar-refractivity contribution in [2.45, 2.75) is 45.4 Å². The van der Waals surface area contributed by atoms with Crippen molar-refractivity contribution >= 4 is 14.9 Å². The zero-order valence-corrected chi connectivity index (χ0v) is 7.92. The summed E-state index contributed by atoms with van der Waals surface area (Å²) in [5, 5.41) is 0. The molecule has 0 heterocycles. The van der Waals surface area contributed by atoms with Crippen LogP contribution in [0.4, 0.5) is 0 Å². The van der Waals surface area contributed by atoms with Crippen LogP contribution >= 0.6 is 0 Å². The highest BCUT2D eigenvalue weighted by Gasteiger charge is 1.88. The molecule has 0 spiro atoms. The van der Waals surface area contributed by atoms with Gasteiger partial charge in [-0.15, -0.1) is 0 Å². The maximum Gasteiger partial charge on any atom is 0.293 e. The van der Waals surface area contributed by atoms with Crippen LogP contribution in [0.3, 0.4) is 0 Å². The summed E-state index contributed by atoms with van der Waals surface area (Å²) >= 11 is 0. The fourth-order valence-electron chi connectivity index (χ4n) is 1.01. The number of carbonyl (C=O) groups excluding carboxylic acids is 1. The van der Waals surface area contributed by atoms with Crippen LogP contribution in [0.2, 0.25) is 0 Å². The second kappa shape index (κ2) is 13.1. The van der Waals surface area contributed by atoms with Gasteiger partial charge in [0.15, 0.2) is 0 Å². The first-order chi connectivity index (χ1) is 5.41. The summed E-state index contributed by atoms with van der Waals surface area (Å²) in [5.74, 6) is 0. The lowest BCUT2D eigenvalue weighted by molar-refractivity contribution is -0.128. The third-order valence-electron chi connectivity index (χ3n) is 1.68. The lowest BCUT2D eigenvalue weighted by Crippen LogP contribution is -1.90. The Morgan fingerprint density at radius 1 is 1.08 bits per heavy atom. The van der Waals surface area contributed by atoms with Crippen LogP contribution in [0, 0.1) is 0 Å². The average molecular weight is 169 g/mol. The van der Waals surface area contributed by atoms with Crippen LogP contribution in [0.25, 0.3) is 0 Å². The number of hydrogen-bond donors (Lipinski definition) is 0. The van der Waals surface area contributed by atoms with Crippen LogP contribution in [0.15, 0.2) is 0 Å². The minimum atomic E-state index is 0. The molecule has 0 aromatic rings. The van der Waals surface area contributed by atoms with Crippen LogP contribution in [0.1, 0.15) is 45.4 Å². The lowest BCUT2D eigenvalue weighted by atomic mass is 10.1. The third-order valence-corrected chi connectivity index (χ3v) is 1.68. The van der Waals surface area contributed by atoms with Crippen LogP contribution in [-0.2, 0) is 9.53 Å². The summed E-state index contributed by atoms with van der Waals surface area (Å²) in [4.78, 5) is 9.72. The van der Waals surface area contributed by atoms with Gasteiger partial charge in [0.05, 0.1) is 6.61 Å². The second-order valence-electron chi connectivity index (χ2n) is 2.73. The molecule has 0 aliphatic rings. The standard InChI is InChI=1S/C9H18O2.B/c1-2-3-4-5-6-7-8-11-9-10;/h9H,2-8H2,1H3;. The molecule has 69 valence electrons. The molecule has 0 aliphatic carbocycles. The molecule has 0 rings (SSSR count). The van der Waals surface area contributed by atoms with Gasteiger partial charge in [0.25, 0.3) is 6.47 Å². The lowest BCUT2D eigenvalue weighted by Gasteiger charge is -1.98. The number of ether oxygens (including phenoxy) is 1. The smallest absolute Gasteiger partial charge is 0.293 e. The Morgan fingerprint density at radius 3 is 2.25 bits per heavy atom. The highest BCUT2D eigenvalue weighted by molar-refractivity contribution is 5.75. The summed E-state index contributed by atoms with van der Waals surface area (Å²) in [7, 11) is 0. The van der Waals surface area contributed by atoms with Crippen LogP contribution in [-0.4, -0.2) is 21.5 Å². The van der Waals surface area contributed by atoms with Gasteiger partial charge < -0.3 is 4.74 Å². The Bertz CT molecular complexity index is 86.6. The first-order valence-corrected chi connectivity index (χ1v) is 4.47. The quantitative estimate of drug-likeness (QED) is 0.316. The Kier molecular flexibility index (Phi) is 15.4. The SMILES string of the molecule is CCCCCCCCOC=O.[B]. The molecule has 12 heavy (non-hydrogen) atoms. The molecule has 0 N–H and O–H groups in total. The largest absolute Gasteiger partial charge is 0.468 e. The van der Waals surface area contributed by atoms with Crippen molar-refractivity contribution in [1.29, 1.82) is 0 Å². The predicted octanol–water partition coefficient (Wildman–Crippen LogP) is 2.14. The van der Waals surface area contributed by atoms with Crippen molar-refractivity contribution in [2.75, 3.05) is 6.61 Å². The normalized spacial score (nSPS) is 8.75. The number of hydrogen-bond acceptors (Lipinski definition) is 2. The molecule has 0 aromatic heterocycles. The number of carbonyl (C=O) groups is 1. The van der Waals surface area contributed by atoms with E-state index in [1.165, 1.54) is 32.1 Å². The molecule has 0 amide bonds. The Morgan fingerprint density at radius 2 is 1.67 bits per heavy atom. The van der Waals surface area contributed by atoms with E-state index in [1.807, 2.05) is 0 Å². The number of rotatable bonds is 8. The first kappa shape index (κ1) is 14.1. The van der Waals surface area contributed by atoms with Crippen molar-refractivity contribution < 1.29 is 9.53 Å². The molecule has 0 aliphatic heterocycles. The third kappa shape index (κ3) is 12.2. The molecule has 0 atom stereocenters. The monoisotopic (exact) mass is 169 g/mol. The predicted molar refractivity (Wildman–Crippen MR) is 51.1 cm³/mol. The molecule has 0 saturated heterocycles. The zero-order valence-electron chi connectivity index (χ0n) is 7.92. The van der Waals surface area contributed by atoms with Crippen LogP contribution in [0.5, 0.6) is 0 Å². The topological polar surface area (TPSA) is 26.3 Å². The van der Waals surface area contributed by atoms with Gasteiger partial charge >= 0.3 is 0 Å². The Balaban J connectivity index is 0. The van der Waals surface area contributed by atoms with Crippen molar-refractivity contribution in [3.63, 3.8) is 0 Å². The molecule has 0 bridgehead atoms. The Hall–Kier alpha value is -0.465. The molecule has 0 unspecified atom stereocenters. The van der Waals surface area contributed by atoms with Gasteiger partial charge in [-0.3, -0.25) is 4.79 Å². The van der Waals surface area contributed by atoms with Gasteiger partial charge in [-0.25, -0.2) is 0 Å². The Labute approximate surface area is 77.3 Å². The summed E-state index contributed by atoms with van der Waals surface area (Å²) in [5.41, 5.74) is 0. The van der Waals surface area contributed by atoms with Gasteiger partial charge in [-0.2, -0.15) is 0 Å². The van der Waals surface area contributed by atoms with Crippen molar-refractivity contribution in [1.82, 2.24) is 0 Å². The van der Waals surface area contributed by atoms with Gasteiger partial charge in [0.1, 0.15) is 0 Å². The fraction of sp³-hybridized carbons (Fsp3) is 0.889. The molecular weight excluding hydrogens is 151 g/mol. The average Bonchev–Trinajstić information content (AvgIpc) is 2.03. The second-order valence-corrected chi connectivity index (χ2v) is 2.73. The minimum Gasteiger partial charge on any atom is -0.468 e. The molecule has 0 aromatic carbocycles. The van der Waals surface area contributed by atoms with E-state index in [0.717, 1.165) is 6.42 Å². The van der Waals surface area contributed by atoms with Gasteiger partial charge in [-0.05, 0) is 6.42 Å². The van der Waals surface area contributed by atoms with E-state index < -0.39 is 0 Å². The van der Waals surface area contributed by atoms with E-state index in [9.17, 15) is 4.79 Å². The molecular formula is C9H18BO2. The van der Waals surface area contributed by atoms with Crippen LogP contribution < -0.4 is 0 Å². The summed E-state index contributed by atoms with van der Waals surface area (Å²) < 4.78 is 4.56. The van der Waals surface area contributed by atoms with E-state index in [1.54, 1.807) is 0 Å². The summed E-state index contributed by atoms with van der Waals surface area (Å²) in [6.07, 6.45) is 7.41. The molecule has 0 fully saturated rings. The first-order valence-electron chi connectivity index (χ1n) is 4.47. The maximum atomic E-state index is 9.72. The zero-order chi connectivity index (χ0) is 8.36. The van der Waals surface area contributed by atoms with Crippen molar-refractivity contribution in [3.05, 3.63) is 0 Å². The van der Waals surface area contributed by atoms with Crippen molar-refractivity contribution in [3.8, 4) is 0 Å².